The molecule has 4 atom stereocenters. The topological polar surface area (TPSA) is 222 Å². The van der Waals surface area contributed by atoms with Crippen LogP contribution in [0.1, 0.15) is 42.1 Å². The fourth-order valence-electron chi connectivity index (χ4n) is 6.28. The van der Waals surface area contributed by atoms with Gasteiger partial charge in [0.1, 0.15) is 24.2 Å². The van der Waals surface area contributed by atoms with E-state index in [1.165, 1.54) is 24.3 Å². The summed E-state index contributed by atoms with van der Waals surface area (Å²) >= 11 is 0. The third-order valence-corrected chi connectivity index (χ3v) is 8.96. The maximum atomic E-state index is 14.5. The summed E-state index contributed by atoms with van der Waals surface area (Å²) in [6.07, 6.45) is 2.78. The van der Waals surface area contributed by atoms with Crippen molar-refractivity contribution >= 4 is 35.4 Å². The Labute approximate surface area is 300 Å². The van der Waals surface area contributed by atoms with E-state index in [0.717, 1.165) is 27.8 Å². The Balaban J connectivity index is 1.43. The highest BCUT2D eigenvalue weighted by molar-refractivity contribution is 5.96. The zero-order valence-electron chi connectivity index (χ0n) is 28.7. The van der Waals surface area contributed by atoms with Gasteiger partial charge in [-0.1, -0.05) is 78.9 Å². The van der Waals surface area contributed by atoms with Crippen LogP contribution < -0.4 is 27.4 Å². The molecule has 1 aliphatic rings. The van der Waals surface area contributed by atoms with Crippen molar-refractivity contribution in [1.29, 1.82) is 0 Å². The highest BCUT2D eigenvalue weighted by Gasteiger charge is 2.38. The van der Waals surface area contributed by atoms with Crippen molar-refractivity contribution in [2.45, 2.75) is 69.7 Å². The molecule has 14 heteroatoms. The number of fused-ring (bicyclic) bond motifs is 1. The van der Waals surface area contributed by atoms with Gasteiger partial charge >= 0.3 is 0 Å². The number of benzene rings is 3. The van der Waals surface area contributed by atoms with Crippen molar-refractivity contribution in [3.8, 4) is 11.1 Å². The average molecular weight is 707 g/mol. The Morgan fingerprint density at radius 2 is 1.42 bits per heavy atom. The summed E-state index contributed by atoms with van der Waals surface area (Å²) in [4.78, 5) is 86.7. The van der Waals surface area contributed by atoms with Gasteiger partial charge in [-0.2, -0.15) is 0 Å². The number of aromatic amines is 1. The van der Waals surface area contributed by atoms with Crippen LogP contribution in [0.25, 0.3) is 11.1 Å². The summed E-state index contributed by atoms with van der Waals surface area (Å²) in [7, 11) is 0. The lowest BCUT2D eigenvalue weighted by Crippen LogP contribution is -2.60. The number of aromatic nitrogens is 2. The molecule has 0 aliphatic carbocycles. The molecular weight excluding hydrogens is 664 g/mol. The molecule has 4 aromatic rings. The highest BCUT2D eigenvalue weighted by Crippen LogP contribution is 2.25. The molecule has 3 aromatic carbocycles. The van der Waals surface area contributed by atoms with Gasteiger partial charge in [0.2, 0.25) is 35.4 Å². The van der Waals surface area contributed by atoms with Gasteiger partial charge in [0.25, 0.3) is 0 Å². The highest BCUT2D eigenvalue weighted by atomic mass is 16.2. The second kappa shape index (κ2) is 17.1. The molecule has 0 unspecified atom stereocenters. The van der Waals surface area contributed by atoms with Crippen LogP contribution in [-0.4, -0.2) is 74.5 Å². The van der Waals surface area contributed by atoms with Crippen LogP contribution in [0.2, 0.25) is 0 Å². The summed E-state index contributed by atoms with van der Waals surface area (Å²) in [6.45, 7) is 1.35. The van der Waals surface area contributed by atoms with E-state index in [1.54, 1.807) is 0 Å². The Hall–Kier alpha value is -6.31. The third kappa shape index (κ3) is 9.68. The van der Waals surface area contributed by atoms with E-state index in [2.05, 4.69) is 25.9 Å². The van der Waals surface area contributed by atoms with Gasteiger partial charge in [-0.05, 0) is 34.2 Å². The van der Waals surface area contributed by atoms with Gasteiger partial charge in [0, 0.05) is 51.0 Å². The minimum absolute atomic E-state index is 0.0358. The average Bonchev–Trinajstić information content (AvgIpc) is 3.65. The quantitative estimate of drug-likeness (QED) is 0.105. The zero-order valence-corrected chi connectivity index (χ0v) is 28.7. The number of carbonyl (C=O) groups excluding carboxylic acids is 6. The maximum absolute atomic E-state index is 14.5. The van der Waals surface area contributed by atoms with Crippen LogP contribution in [0.3, 0.4) is 0 Å². The minimum Gasteiger partial charge on any atom is -0.370 e. The van der Waals surface area contributed by atoms with Crippen LogP contribution in [-0.2, 0) is 54.6 Å². The Morgan fingerprint density at radius 3 is 2.06 bits per heavy atom. The largest absolute Gasteiger partial charge is 0.370 e. The van der Waals surface area contributed by atoms with Crippen molar-refractivity contribution < 1.29 is 28.8 Å². The number of nitrogens with zero attached hydrogens (tertiary/aromatic N) is 2. The second-order valence-electron chi connectivity index (χ2n) is 12.8. The summed E-state index contributed by atoms with van der Waals surface area (Å²) < 4.78 is 0. The lowest BCUT2D eigenvalue weighted by Gasteiger charge is -2.37. The predicted molar refractivity (Wildman–Crippen MR) is 191 cm³/mol. The first-order chi connectivity index (χ1) is 25.0. The number of amides is 6. The molecule has 0 radical (unpaired) electrons. The van der Waals surface area contributed by atoms with Crippen LogP contribution in [0.4, 0.5) is 0 Å². The monoisotopic (exact) mass is 706 g/mol. The van der Waals surface area contributed by atoms with E-state index in [9.17, 15) is 28.8 Å². The lowest BCUT2D eigenvalue weighted by atomic mass is 9.92. The first kappa shape index (κ1) is 37.0. The first-order valence-electron chi connectivity index (χ1n) is 16.9. The minimum atomic E-state index is -1.32. The molecule has 0 bridgehead atoms. The summed E-state index contributed by atoms with van der Waals surface area (Å²) in [5, 5.41) is 8.01. The normalized spacial score (nSPS) is 15.3. The smallest absolute Gasteiger partial charge is 0.246 e. The van der Waals surface area contributed by atoms with Gasteiger partial charge in [0.15, 0.2) is 0 Å². The predicted octanol–water partition coefficient (Wildman–Crippen LogP) is 1.04. The molecule has 1 aromatic heterocycles. The molecule has 0 saturated heterocycles. The Kier molecular flexibility index (Phi) is 12.1. The zero-order chi connectivity index (χ0) is 37.2. The number of H-pyrrole nitrogens is 1. The molecular formula is C38H42N8O6. The number of primary amides is 2. The van der Waals surface area contributed by atoms with Crippen molar-refractivity contribution in [1.82, 2.24) is 30.8 Å². The molecule has 2 heterocycles. The number of carbonyl (C=O) groups is 6. The fraction of sp³-hybridized carbons (Fsp3) is 0.289. The maximum Gasteiger partial charge on any atom is 0.246 e. The van der Waals surface area contributed by atoms with Crippen LogP contribution >= 0.6 is 0 Å². The number of hydrogen-bond donors (Lipinski definition) is 6. The molecule has 0 fully saturated rings. The second-order valence-corrected chi connectivity index (χ2v) is 12.8. The molecule has 0 saturated carbocycles. The van der Waals surface area contributed by atoms with Gasteiger partial charge in [-0.3, -0.25) is 28.8 Å². The Bertz CT molecular complexity index is 1900. The molecule has 270 valence electrons. The van der Waals surface area contributed by atoms with E-state index in [0.29, 0.717) is 5.69 Å². The summed E-state index contributed by atoms with van der Waals surface area (Å²) in [6, 6.07) is 20.1. The summed E-state index contributed by atoms with van der Waals surface area (Å²) in [5.74, 6) is -3.87. The van der Waals surface area contributed by atoms with E-state index in [1.807, 2.05) is 78.9 Å². The molecule has 14 nitrogen and oxygen atoms in total. The number of imidazole rings is 1. The van der Waals surface area contributed by atoms with E-state index in [-0.39, 0.29) is 38.6 Å². The van der Waals surface area contributed by atoms with Crippen molar-refractivity contribution in [3.05, 3.63) is 114 Å². The molecule has 1 aliphatic heterocycles. The Morgan fingerprint density at radius 1 is 0.788 bits per heavy atom. The van der Waals surface area contributed by atoms with Crippen LogP contribution in [0, 0.1) is 0 Å². The van der Waals surface area contributed by atoms with Gasteiger partial charge < -0.3 is 37.3 Å². The molecule has 0 spiro atoms. The summed E-state index contributed by atoms with van der Waals surface area (Å²) in [5.41, 5.74) is 16.2. The first-order valence-corrected chi connectivity index (χ1v) is 16.9. The SMILES string of the molecule is CC(=O)N[C@@H](Cc1cnc[nH]1)C(=O)N[C@@H](CCC(N)=O)C(=O)N[C@H](Cc1ccc(-c2ccccc2)cc1)C(=O)N1Cc2ccccc2C[C@H]1C(N)=O. The molecule has 5 rings (SSSR count). The van der Waals surface area contributed by atoms with E-state index in [4.69, 9.17) is 11.5 Å². The molecule has 52 heavy (non-hydrogen) atoms. The molecule has 8 N–H and O–H groups in total. The molecule has 6 amide bonds. The van der Waals surface area contributed by atoms with Crippen molar-refractivity contribution in [2.75, 3.05) is 0 Å². The van der Waals surface area contributed by atoms with Gasteiger partial charge in [0.05, 0.1) is 6.33 Å². The number of hydrogen-bond acceptors (Lipinski definition) is 7. The number of nitrogens with one attached hydrogen (secondary N) is 4. The third-order valence-electron chi connectivity index (χ3n) is 8.96. The lowest BCUT2D eigenvalue weighted by molar-refractivity contribution is -0.144. The number of nitrogens with two attached hydrogens (primary N) is 2. The standard InChI is InChI=1S/C38H42N8O6/c1-23(47)43-31(19-29-20-41-22-42-29)37(51)44-30(15-16-34(39)48)36(50)45-32(17-24-11-13-26(14-12-24)25-7-3-2-4-8-25)38(52)46-21-28-10-6-5-9-27(28)18-33(46)35(40)49/h2-14,20,22,30-33H,15-19,21H2,1H3,(H2,39,48)(H2,40,49)(H,41,42)(H,43,47)(H,44,51)(H,45,50)/t30-,31-,32+,33-/m0/s1. The number of rotatable bonds is 15. The van der Waals surface area contributed by atoms with Crippen molar-refractivity contribution in [2.24, 2.45) is 11.5 Å². The van der Waals surface area contributed by atoms with E-state index < -0.39 is 59.6 Å². The van der Waals surface area contributed by atoms with Gasteiger partial charge in [-0.25, -0.2) is 4.98 Å². The fourth-order valence-corrected chi connectivity index (χ4v) is 6.28. The van der Waals surface area contributed by atoms with Crippen molar-refractivity contribution in [3.63, 3.8) is 0 Å². The van der Waals surface area contributed by atoms with Gasteiger partial charge in [-0.15, -0.1) is 0 Å². The van der Waals surface area contributed by atoms with Crippen LogP contribution in [0.5, 0.6) is 0 Å². The van der Waals surface area contributed by atoms with E-state index >= 15 is 0 Å². The van der Waals surface area contributed by atoms with Crippen LogP contribution in [0.15, 0.2) is 91.4 Å².